The fourth-order valence-electron chi connectivity index (χ4n) is 1.71. The quantitative estimate of drug-likeness (QED) is 0.905. The molecule has 1 N–H and O–H groups in total. The van der Waals surface area contributed by atoms with Gasteiger partial charge in [-0.25, -0.2) is 0 Å². The van der Waals surface area contributed by atoms with Crippen LogP contribution in [0.4, 0.5) is 0 Å². The van der Waals surface area contributed by atoms with E-state index in [1.807, 2.05) is 18.2 Å². The third kappa shape index (κ3) is 3.05. The molecule has 0 aliphatic heterocycles. The Kier molecular flexibility index (Phi) is 4.27. The van der Waals surface area contributed by atoms with Gasteiger partial charge in [0.15, 0.2) is 0 Å². The molecule has 0 spiro atoms. The lowest BCUT2D eigenvalue weighted by Gasteiger charge is -2.11. The average molecular weight is 301 g/mol. The van der Waals surface area contributed by atoms with E-state index in [-0.39, 0.29) is 0 Å². The lowest BCUT2D eigenvalue weighted by molar-refractivity contribution is -0.138. The molecule has 1 heterocycles. The van der Waals surface area contributed by atoms with Gasteiger partial charge >= 0.3 is 5.97 Å². The number of benzene rings is 1. The van der Waals surface area contributed by atoms with Gasteiger partial charge in [0.05, 0.1) is 10.3 Å². The number of carboxylic acid groups (broad SMARTS) is 1. The fraction of sp³-hybridized carbons (Fsp3) is 0.154. The Balaban J connectivity index is 2.28. The number of carboxylic acids is 1. The van der Waals surface area contributed by atoms with E-state index in [1.165, 1.54) is 11.3 Å². The summed E-state index contributed by atoms with van der Waals surface area (Å²) in [5, 5.41) is 9.90. The van der Waals surface area contributed by atoms with Crippen LogP contribution in [0, 0.1) is 0 Å². The van der Waals surface area contributed by atoms with Crippen LogP contribution in [0.2, 0.25) is 9.36 Å². The molecule has 5 heteroatoms. The highest BCUT2D eigenvalue weighted by atomic mass is 35.5. The third-order valence-corrected chi connectivity index (χ3v) is 4.33. The van der Waals surface area contributed by atoms with Gasteiger partial charge in [0.25, 0.3) is 0 Å². The van der Waals surface area contributed by atoms with Gasteiger partial charge in [-0.2, -0.15) is 0 Å². The van der Waals surface area contributed by atoms with Gasteiger partial charge in [0, 0.05) is 9.90 Å². The zero-order valence-electron chi connectivity index (χ0n) is 9.27. The number of carbonyl (C=O) groups is 1. The van der Waals surface area contributed by atoms with Crippen molar-refractivity contribution in [2.45, 2.75) is 12.3 Å². The Morgan fingerprint density at radius 1 is 1.22 bits per heavy atom. The Bertz CT molecular complexity index is 566. The van der Waals surface area contributed by atoms with Gasteiger partial charge in [0.2, 0.25) is 0 Å². The van der Waals surface area contributed by atoms with Crippen molar-refractivity contribution in [1.29, 1.82) is 0 Å². The largest absolute Gasteiger partial charge is 0.481 e. The van der Waals surface area contributed by atoms with Crippen molar-refractivity contribution in [3.63, 3.8) is 0 Å². The van der Waals surface area contributed by atoms with Gasteiger partial charge < -0.3 is 5.11 Å². The number of hydrogen-bond donors (Lipinski definition) is 1. The second-order valence-corrected chi connectivity index (χ2v) is 5.98. The third-order valence-electron chi connectivity index (χ3n) is 2.62. The molecular weight excluding hydrogens is 291 g/mol. The molecule has 2 aromatic rings. The maximum Gasteiger partial charge on any atom is 0.312 e. The van der Waals surface area contributed by atoms with Gasteiger partial charge in [-0.3, -0.25) is 4.79 Å². The number of hydrogen-bond acceptors (Lipinski definition) is 2. The van der Waals surface area contributed by atoms with Crippen molar-refractivity contribution in [2.24, 2.45) is 0 Å². The zero-order valence-corrected chi connectivity index (χ0v) is 11.6. The van der Waals surface area contributed by atoms with E-state index in [2.05, 4.69) is 0 Å². The van der Waals surface area contributed by atoms with Crippen molar-refractivity contribution in [3.05, 3.63) is 56.2 Å². The van der Waals surface area contributed by atoms with Gasteiger partial charge in [0.1, 0.15) is 0 Å². The van der Waals surface area contributed by atoms with E-state index in [9.17, 15) is 9.90 Å². The van der Waals surface area contributed by atoms with Crippen LogP contribution in [0.1, 0.15) is 16.4 Å². The first-order chi connectivity index (χ1) is 8.58. The number of rotatable bonds is 4. The summed E-state index contributed by atoms with van der Waals surface area (Å²) in [7, 11) is 0. The Labute approximate surface area is 119 Å². The van der Waals surface area contributed by atoms with Crippen LogP contribution in [0.5, 0.6) is 0 Å². The average Bonchev–Trinajstić information content (AvgIpc) is 2.74. The molecule has 1 aromatic heterocycles. The lowest BCUT2D eigenvalue weighted by Crippen LogP contribution is -2.13. The fourth-order valence-corrected chi connectivity index (χ4v) is 3.08. The Morgan fingerprint density at radius 3 is 2.50 bits per heavy atom. The first kappa shape index (κ1) is 13.4. The topological polar surface area (TPSA) is 37.3 Å². The van der Waals surface area contributed by atoms with E-state index < -0.39 is 11.9 Å². The second-order valence-electron chi connectivity index (χ2n) is 3.83. The maximum absolute atomic E-state index is 11.3. The highest BCUT2D eigenvalue weighted by Crippen LogP contribution is 2.32. The van der Waals surface area contributed by atoms with Crippen molar-refractivity contribution in [3.8, 4) is 0 Å². The molecule has 0 amide bonds. The van der Waals surface area contributed by atoms with E-state index >= 15 is 0 Å². The van der Waals surface area contributed by atoms with E-state index in [0.717, 1.165) is 10.4 Å². The smallest absolute Gasteiger partial charge is 0.312 e. The zero-order chi connectivity index (χ0) is 13.1. The molecule has 0 fully saturated rings. The molecule has 0 aliphatic carbocycles. The first-order valence-electron chi connectivity index (χ1n) is 5.29. The SMILES string of the molecule is O=C(O)C(Cc1ccccc1Cl)c1ccc(Cl)s1. The van der Waals surface area contributed by atoms with Crippen LogP contribution in [0.25, 0.3) is 0 Å². The Morgan fingerprint density at radius 2 is 1.94 bits per heavy atom. The molecule has 1 atom stereocenters. The minimum atomic E-state index is -0.867. The molecule has 1 aromatic carbocycles. The van der Waals surface area contributed by atoms with E-state index in [1.54, 1.807) is 18.2 Å². The minimum Gasteiger partial charge on any atom is -0.481 e. The van der Waals surface area contributed by atoms with Crippen LogP contribution in [-0.2, 0) is 11.2 Å². The molecule has 0 aliphatic rings. The molecule has 94 valence electrons. The number of thiophene rings is 1. The van der Waals surface area contributed by atoms with Gasteiger partial charge in [-0.1, -0.05) is 41.4 Å². The molecule has 0 saturated carbocycles. The summed E-state index contributed by atoms with van der Waals surface area (Å²) in [4.78, 5) is 12.1. The molecule has 18 heavy (non-hydrogen) atoms. The van der Waals surface area contributed by atoms with E-state index in [0.29, 0.717) is 15.8 Å². The molecular formula is C13H10Cl2O2S. The molecule has 2 rings (SSSR count). The van der Waals surface area contributed by atoms with Gasteiger partial charge in [-0.05, 0) is 30.2 Å². The number of aliphatic carboxylic acids is 1. The molecule has 2 nitrogen and oxygen atoms in total. The standard InChI is InChI=1S/C13H10Cl2O2S/c14-10-4-2-1-3-8(10)7-9(13(16)17)11-5-6-12(15)18-11/h1-6,9H,7H2,(H,16,17). The Hall–Kier alpha value is -1.03. The molecule has 0 saturated heterocycles. The number of halogens is 2. The van der Waals surface area contributed by atoms with Crippen molar-refractivity contribution < 1.29 is 9.90 Å². The normalized spacial score (nSPS) is 12.3. The lowest BCUT2D eigenvalue weighted by atomic mass is 9.98. The second kappa shape index (κ2) is 5.74. The monoisotopic (exact) mass is 300 g/mol. The van der Waals surface area contributed by atoms with Crippen LogP contribution in [0.3, 0.4) is 0 Å². The molecule has 1 unspecified atom stereocenters. The highest BCUT2D eigenvalue weighted by Gasteiger charge is 2.22. The predicted octanol–water partition coefficient (Wildman–Crippen LogP) is 4.47. The minimum absolute atomic E-state index is 0.367. The predicted molar refractivity (Wildman–Crippen MR) is 74.9 cm³/mol. The summed E-state index contributed by atoms with van der Waals surface area (Å²) < 4.78 is 0.593. The van der Waals surface area contributed by atoms with Crippen LogP contribution < -0.4 is 0 Å². The maximum atomic E-state index is 11.3. The summed E-state index contributed by atoms with van der Waals surface area (Å²) >= 11 is 13.2. The summed E-state index contributed by atoms with van der Waals surface area (Å²) in [5.74, 6) is -1.48. The first-order valence-corrected chi connectivity index (χ1v) is 6.86. The van der Waals surface area contributed by atoms with Crippen LogP contribution in [-0.4, -0.2) is 11.1 Å². The van der Waals surface area contributed by atoms with Crippen molar-refractivity contribution in [1.82, 2.24) is 0 Å². The van der Waals surface area contributed by atoms with Crippen molar-refractivity contribution >= 4 is 40.5 Å². The summed E-state index contributed by atoms with van der Waals surface area (Å²) in [6.07, 6.45) is 0.367. The summed E-state index contributed by atoms with van der Waals surface area (Å²) in [6.45, 7) is 0. The van der Waals surface area contributed by atoms with Crippen LogP contribution in [0.15, 0.2) is 36.4 Å². The summed E-state index contributed by atoms with van der Waals surface area (Å²) in [6, 6.07) is 10.7. The van der Waals surface area contributed by atoms with Crippen molar-refractivity contribution in [2.75, 3.05) is 0 Å². The highest BCUT2D eigenvalue weighted by molar-refractivity contribution is 7.16. The molecule has 0 bridgehead atoms. The molecule has 0 radical (unpaired) electrons. The van der Waals surface area contributed by atoms with Crippen LogP contribution >= 0.6 is 34.5 Å². The summed E-state index contributed by atoms with van der Waals surface area (Å²) in [5.41, 5.74) is 0.830. The van der Waals surface area contributed by atoms with Gasteiger partial charge in [-0.15, -0.1) is 11.3 Å². The van der Waals surface area contributed by atoms with E-state index in [4.69, 9.17) is 23.2 Å².